The third-order valence-corrected chi connectivity index (χ3v) is 3.38. The first-order chi connectivity index (χ1) is 11.0. The van der Waals surface area contributed by atoms with Gasteiger partial charge in [0, 0.05) is 12.8 Å². The number of nitriles is 1. The average Bonchev–Trinajstić information content (AvgIpc) is 2.50. The Morgan fingerprint density at radius 1 is 1.43 bits per heavy atom. The average molecular weight is 356 g/mol. The zero-order valence-corrected chi connectivity index (χ0v) is 14.1. The van der Waals surface area contributed by atoms with Crippen LogP contribution in [-0.4, -0.2) is 31.2 Å². The number of carbonyl (C=O) groups is 2. The molecule has 0 aliphatic heterocycles. The van der Waals surface area contributed by atoms with Gasteiger partial charge in [0.15, 0.2) is 5.92 Å². The van der Waals surface area contributed by atoms with Gasteiger partial charge >= 0.3 is 5.97 Å². The number of hydrogen-bond acceptors (Lipinski definition) is 5. The maximum absolute atomic E-state index is 12.0. The van der Waals surface area contributed by atoms with Crippen LogP contribution in [0.2, 0.25) is 10.0 Å². The number of amides is 1. The van der Waals surface area contributed by atoms with Crippen molar-refractivity contribution >= 4 is 47.0 Å². The van der Waals surface area contributed by atoms with Gasteiger partial charge in [0.05, 0.1) is 34.0 Å². The van der Waals surface area contributed by atoms with E-state index in [4.69, 9.17) is 33.2 Å². The number of halogens is 2. The summed E-state index contributed by atoms with van der Waals surface area (Å²) in [6.45, 7) is 3.98. The minimum atomic E-state index is -1.16. The summed E-state index contributed by atoms with van der Waals surface area (Å²) in [7, 11) is 0. The van der Waals surface area contributed by atoms with Crippen LogP contribution in [-0.2, 0) is 9.53 Å². The molecule has 6 nitrogen and oxygen atoms in total. The van der Waals surface area contributed by atoms with E-state index >= 15 is 0 Å². The number of benzene rings is 1. The predicted molar refractivity (Wildman–Crippen MR) is 88.4 cm³/mol. The summed E-state index contributed by atoms with van der Waals surface area (Å²) in [6, 6.07) is 4.73. The Morgan fingerprint density at radius 3 is 2.70 bits per heavy atom. The van der Waals surface area contributed by atoms with E-state index in [0.29, 0.717) is 6.54 Å². The Labute approximate surface area is 144 Å². The van der Waals surface area contributed by atoms with Crippen molar-refractivity contribution in [3.8, 4) is 6.07 Å². The molecule has 0 bridgehead atoms. The maximum atomic E-state index is 12.0. The minimum Gasteiger partial charge on any atom is -0.465 e. The molecule has 0 fully saturated rings. The Balaban J connectivity index is 3.13. The van der Waals surface area contributed by atoms with Crippen LogP contribution in [0.1, 0.15) is 24.2 Å². The van der Waals surface area contributed by atoms with Crippen LogP contribution in [0.25, 0.3) is 0 Å². The van der Waals surface area contributed by atoms with Crippen molar-refractivity contribution in [2.75, 3.05) is 13.2 Å². The van der Waals surface area contributed by atoms with Gasteiger partial charge in [-0.2, -0.15) is 5.26 Å². The Hall–Kier alpha value is -2.10. The summed E-state index contributed by atoms with van der Waals surface area (Å²) in [5, 5.41) is 11.8. The van der Waals surface area contributed by atoms with Crippen molar-refractivity contribution in [2.45, 2.75) is 13.8 Å². The zero-order chi connectivity index (χ0) is 17.4. The van der Waals surface area contributed by atoms with E-state index in [9.17, 15) is 9.59 Å². The first kappa shape index (κ1) is 18.9. The molecule has 0 aliphatic rings. The van der Waals surface area contributed by atoms with Crippen molar-refractivity contribution in [2.24, 2.45) is 10.9 Å². The van der Waals surface area contributed by atoms with Gasteiger partial charge in [-0.3, -0.25) is 14.6 Å². The summed E-state index contributed by atoms with van der Waals surface area (Å²) in [5.74, 6) is -2.29. The van der Waals surface area contributed by atoms with E-state index in [1.54, 1.807) is 19.9 Å². The lowest BCUT2D eigenvalue weighted by Crippen LogP contribution is -2.23. The Bertz CT molecular complexity index is 669. The normalized spacial score (nSPS) is 11.8. The highest BCUT2D eigenvalue weighted by Crippen LogP contribution is 2.33. The van der Waals surface area contributed by atoms with Crippen LogP contribution in [0.4, 0.5) is 5.69 Å². The van der Waals surface area contributed by atoms with E-state index in [2.05, 4.69) is 10.3 Å². The molecule has 122 valence electrons. The second kappa shape index (κ2) is 9.13. The van der Waals surface area contributed by atoms with Gasteiger partial charge in [-0.05, 0) is 26.0 Å². The smallest absolute Gasteiger partial charge is 0.328 e. The molecule has 0 saturated carbocycles. The molecule has 1 aromatic carbocycles. The quantitative estimate of drug-likeness (QED) is 0.626. The summed E-state index contributed by atoms with van der Waals surface area (Å²) in [6.07, 6.45) is 1.12. The largest absolute Gasteiger partial charge is 0.465 e. The van der Waals surface area contributed by atoms with Gasteiger partial charge in [0.1, 0.15) is 0 Å². The molecule has 1 amide bonds. The molecule has 0 spiro atoms. The van der Waals surface area contributed by atoms with Crippen LogP contribution in [0.15, 0.2) is 17.1 Å². The molecule has 1 unspecified atom stereocenters. The topological polar surface area (TPSA) is 91.5 Å². The van der Waals surface area contributed by atoms with E-state index in [-0.39, 0.29) is 27.9 Å². The fraction of sp³-hybridized carbons (Fsp3) is 0.333. The van der Waals surface area contributed by atoms with Crippen molar-refractivity contribution in [1.82, 2.24) is 5.32 Å². The molecule has 0 saturated heterocycles. The van der Waals surface area contributed by atoms with E-state index in [0.717, 1.165) is 6.21 Å². The summed E-state index contributed by atoms with van der Waals surface area (Å²) in [5.41, 5.74) is 0.316. The predicted octanol–water partition coefficient (Wildman–Crippen LogP) is 3.15. The molecule has 1 aromatic rings. The third-order valence-electron chi connectivity index (χ3n) is 2.68. The molecule has 1 rings (SSSR count). The van der Waals surface area contributed by atoms with Gasteiger partial charge in [-0.1, -0.05) is 23.2 Å². The lowest BCUT2D eigenvalue weighted by atomic mass is 10.1. The van der Waals surface area contributed by atoms with E-state index in [1.165, 1.54) is 12.1 Å². The number of carbonyl (C=O) groups excluding carboxylic acids is 2. The second-order valence-electron chi connectivity index (χ2n) is 4.25. The second-order valence-corrected chi connectivity index (χ2v) is 5.04. The minimum absolute atomic E-state index is 0.0419. The zero-order valence-electron chi connectivity index (χ0n) is 12.6. The molecule has 23 heavy (non-hydrogen) atoms. The van der Waals surface area contributed by atoms with Crippen LogP contribution in [0.5, 0.6) is 0 Å². The first-order valence-electron chi connectivity index (χ1n) is 6.82. The van der Waals surface area contributed by atoms with Crippen LogP contribution in [0, 0.1) is 17.2 Å². The first-order valence-corrected chi connectivity index (χ1v) is 7.58. The van der Waals surface area contributed by atoms with E-state index < -0.39 is 17.8 Å². The van der Waals surface area contributed by atoms with Gasteiger partial charge in [0.2, 0.25) is 0 Å². The van der Waals surface area contributed by atoms with Gasteiger partial charge in [0.25, 0.3) is 5.91 Å². The SMILES string of the molecule is CCNC(=O)c1c(Cl)ccc(N=CC(C#N)C(=O)OCC)c1Cl. The number of rotatable bonds is 6. The summed E-state index contributed by atoms with van der Waals surface area (Å²) < 4.78 is 4.76. The number of esters is 1. The summed E-state index contributed by atoms with van der Waals surface area (Å²) >= 11 is 12.1. The number of hydrogen-bond donors (Lipinski definition) is 1. The van der Waals surface area contributed by atoms with Crippen molar-refractivity contribution < 1.29 is 14.3 Å². The van der Waals surface area contributed by atoms with Crippen LogP contribution in [0.3, 0.4) is 0 Å². The van der Waals surface area contributed by atoms with Gasteiger partial charge < -0.3 is 10.1 Å². The number of nitrogens with zero attached hydrogens (tertiary/aromatic N) is 2. The highest BCUT2D eigenvalue weighted by molar-refractivity contribution is 6.41. The van der Waals surface area contributed by atoms with E-state index in [1.807, 2.05) is 0 Å². The number of nitrogens with one attached hydrogen (secondary N) is 1. The fourth-order valence-corrected chi connectivity index (χ4v) is 2.22. The molecular formula is C15H15Cl2N3O3. The van der Waals surface area contributed by atoms with Crippen molar-refractivity contribution in [1.29, 1.82) is 5.26 Å². The molecular weight excluding hydrogens is 341 g/mol. The maximum Gasteiger partial charge on any atom is 0.328 e. The molecule has 0 heterocycles. The van der Waals surface area contributed by atoms with Crippen LogP contribution < -0.4 is 5.32 Å². The molecule has 1 atom stereocenters. The Morgan fingerprint density at radius 2 is 2.13 bits per heavy atom. The highest BCUT2D eigenvalue weighted by atomic mass is 35.5. The molecule has 1 N–H and O–H groups in total. The molecule has 0 radical (unpaired) electrons. The number of aliphatic imine (C=N–C) groups is 1. The van der Waals surface area contributed by atoms with Gasteiger partial charge in [-0.15, -0.1) is 0 Å². The Kier molecular flexibility index (Phi) is 7.52. The van der Waals surface area contributed by atoms with Crippen LogP contribution >= 0.6 is 23.2 Å². The molecule has 0 aliphatic carbocycles. The van der Waals surface area contributed by atoms with Gasteiger partial charge in [-0.25, -0.2) is 0 Å². The fourth-order valence-electron chi connectivity index (χ4n) is 1.63. The highest BCUT2D eigenvalue weighted by Gasteiger charge is 2.19. The molecule has 8 heteroatoms. The van der Waals surface area contributed by atoms with Crippen molar-refractivity contribution in [3.63, 3.8) is 0 Å². The standard InChI is InChI=1S/C15H15Cl2N3O3/c1-3-19-14(21)12-10(16)5-6-11(13(12)17)20-8-9(7-18)15(22)23-4-2/h5-6,8-9H,3-4H2,1-2H3,(H,19,21). The number of ether oxygens (including phenoxy) is 1. The lowest BCUT2D eigenvalue weighted by molar-refractivity contribution is -0.143. The third kappa shape index (κ3) is 4.95. The molecule has 0 aromatic heterocycles. The lowest BCUT2D eigenvalue weighted by Gasteiger charge is -2.09. The monoisotopic (exact) mass is 355 g/mol. The summed E-state index contributed by atoms with van der Waals surface area (Å²) in [4.78, 5) is 27.5. The van der Waals surface area contributed by atoms with Crippen molar-refractivity contribution in [3.05, 3.63) is 27.7 Å².